The van der Waals surface area contributed by atoms with Crippen LogP contribution in [0.1, 0.15) is 19.8 Å². The van der Waals surface area contributed by atoms with Crippen LogP contribution in [-0.4, -0.2) is 31.8 Å². The first-order valence-corrected chi connectivity index (χ1v) is 9.08. The number of anilines is 4. The van der Waals surface area contributed by atoms with Gasteiger partial charge in [-0.25, -0.2) is 0 Å². The van der Waals surface area contributed by atoms with Crippen molar-refractivity contribution in [2.24, 2.45) is 5.41 Å². The zero-order valence-electron chi connectivity index (χ0n) is 16.2. The lowest BCUT2D eigenvalue weighted by atomic mass is 10.0. The summed E-state index contributed by atoms with van der Waals surface area (Å²) in [6.07, 6.45) is 1.01. The molecule has 0 aliphatic heterocycles. The van der Waals surface area contributed by atoms with E-state index in [9.17, 15) is 14.4 Å². The molecule has 0 spiro atoms. The Morgan fingerprint density at radius 1 is 0.821 bits per heavy atom. The van der Waals surface area contributed by atoms with Crippen molar-refractivity contribution in [3.05, 3.63) is 48.5 Å². The van der Waals surface area contributed by atoms with Crippen LogP contribution in [0.4, 0.5) is 22.7 Å². The first-order chi connectivity index (χ1) is 13.3. The van der Waals surface area contributed by atoms with Crippen LogP contribution in [0.15, 0.2) is 48.5 Å². The van der Waals surface area contributed by atoms with Crippen molar-refractivity contribution in [1.29, 1.82) is 0 Å². The molecule has 0 radical (unpaired) electrons. The molecule has 1 saturated carbocycles. The SMILES string of the molecule is CC(=O)Nc1cccc(NC(=O)C2(C(=O)Nc3ccc(N(C)C)cc3)CC2)c1. The Hall–Kier alpha value is -3.35. The van der Waals surface area contributed by atoms with Gasteiger partial charge in [-0.3, -0.25) is 14.4 Å². The molecule has 2 aromatic carbocycles. The fourth-order valence-corrected chi connectivity index (χ4v) is 2.90. The van der Waals surface area contributed by atoms with Gasteiger partial charge >= 0.3 is 0 Å². The van der Waals surface area contributed by atoms with Gasteiger partial charge < -0.3 is 20.9 Å². The second-order valence-electron chi connectivity index (χ2n) is 7.19. The first kappa shape index (κ1) is 19.4. The van der Waals surface area contributed by atoms with Gasteiger partial charge in [-0.2, -0.15) is 0 Å². The molecule has 0 atom stereocenters. The van der Waals surface area contributed by atoms with E-state index >= 15 is 0 Å². The number of benzene rings is 2. The Bertz CT molecular complexity index is 902. The Labute approximate surface area is 164 Å². The highest BCUT2D eigenvalue weighted by Gasteiger charge is 2.56. The molecule has 0 aromatic heterocycles. The van der Waals surface area contributed by atoms with Crippen molar-refractivity contribution in [1.82, 2.24) is 0 Å². The van der Waals surface area contributed by atoms with Crippen LogP contribution in [0.5, 0.6) is 0 Å². The molecule has 3 rings (SSSR count). The van der Waals surface area contributed by atoms with E-state index in [1.165, 1.54) is 6.92 Å². The van der Waals surface area contributed by atoms with E-state index in [0.29, 0.717) is 29.9 Å². The number of rotatable bonds is 6. The number of nitrogens with one attached hydrogen (secondary N) is 3. The maximum Gasteiger partial charge on any atom is 0.240 e. The second kappa shape index (κ2) is 7.72. The highest BCUT2D eigenvalue weighted by atomic mass is 16.2. The van der Waals surface area contributed by atoms with E-state index in [1.54, 1.807) is 24.3 Å². The normalized spacial score (nSPS) is 14.0. The maximum absolute atomic E-state index is 12.7. The topological polar surface area (TPSA) is 90.5 Å². The molecule has 1 aliphatic rings. The summed E-state index contributed by atoms with van der Waals surface area (Å²) in [6, 6.07) is 14.3. The summed E-state index contributed by atoms with van der Waals surface area (Å²) in [5, 5.41) is 8.30. The molecule has 1 aliphatic carbocycles. The highest BCUT2D eigenvalue weighted by Crippen LogP contribution is 2.47. The first-order valence-electron chi connectivity index (χ1n) is 9.08. The summed E-state index contributed by atoms with van der Waals surface area (Å²) in [5.41, 5.74) is 1.74. The van der Waals surface area contributed by atoms with Gasteiger partial charge in [0, 0.05) is 43.8 Å². The molecule has 2 aromatic rings. The molecule has 7 nitrogen and oxygen atoms in total. The quantitative estimate of drug-likeness (QED) is 0.672. The molecule has 0 unspecified atom stereocenters. The van der Waals surface area contributed by atoms with Gasteiger partial charge in [0.25, 0.3) is 0 Å². The van der Waals surface area contributed by atoms with Crippen LogP contribution < -0.4 is 20.9 Å². The molecule has 3 amide bonds. The minimum Gasteiger partial charge on any atom is -0.378 e. The van der Waals surface area contributed by atoms with Crippen molar-refractivity contribution in [3.8, 4) is 0 Å². The van der Waals surface area contributed by atoms with E-state index in [-0.39, 0.29) is 17.7 Å². The van der Waals surface area contributed by atoms with Crippen LogP contribution in [-0.2, 0) is 14.4 Å². The number of carbonyl (C=O) groups excluding carboxylic acids is 3. The van der Waals surface area contributed by atoms with E-state index < -0.39 is 5.41 Å². The molecule has 7 heteroatoms. The van der Waals surface area contributed by atoms with Crippen molar-refractivity contribution in [2.75, 3.05) is 34.9 Å². The van der Waals surface area contributed by atoms with E-state index in [1.807, 2.05) is 43.3 Å². The molecule has 28 heavy (non-hydrogen) atoms. The van der Waals surface area contributed by atoms with Gasteiger partial charge in [0.1, 0.15) is 5.41 Å². The summed E-state index contributed by atoms with van der Waals surface area (Å²) >= 11 is 0. The van der Waals surface area contributed by atoms with Crippen LogP contribution in [0.2, 0.25) is 0 Å². The van der Waals surface area contributed by atoms with Crippen molar-refractivity contribution >= 4 is 40.5 Å². The largest absolute Gasteiger partial charge is 0.378 e. The minimum absolute atomic E-state index is 0.193. The van der Waals surface area contributed by atoms with Crippen molar-refractivity contribution in [3.63, 3.8) is 0 Å². The zero-order valence-corrected chi connectivity index (χ0v) is 16.2. The fourth-order valence-electron chi connectivity index (χ4n) is 2.90. The van der Waals surface area contributed by atoms with Crippen molar-refractivity contribution < 1.29 is 14.4 Å². The maximum atomic E-state index is 12.7. The van der Waals surface area contributed by atoms with E-state index in [0.717, 1.165) is 5.69 Å². The van der Waals surface area contributed by atoms with Crippen LogP contribution in [0.25, 0.3) is 0 Å². The lowest BCUT2D eigenvalue weighted by molar-refractivity contribution is -0.131. The van der Waals surface area contributed by atoms with Gasteiger partial charge in [0.05, 0.1) is 0 Å². The number of amides is 3. The van der Waals surface area contributed by atoms with Gasteiger partial charge in [-0.15, -0.1) is 0 Å². The minimum atomic E-state index is -1.05. The number of carbonyl (C=O) groups is 3. The summed E-state index contributed by atoms with van der Waals surface area (Å²) in [4.78, 5) is 38.6. The molecular weight excluding hydrogens is 356 g/mol. The van der Waals surface area contributed by atoms with Gasteiger partial charge in [0.2, 0.25) is 17.7 Å². The third-order valence-corrected chi connectivity index (χ3v) is 4.70. The van der Waals surface area contributed by atoms with Crippen LogP contribution >= 0.6 is 0 Å². The number of nitrogens with zero attached hydrogens (tertiary/aromatic N) is 1. The third-order valence-electron chi connectivity index (χ3n) is 4.70. The van der Waals surface area contributed by atoms with Gasteiger partial charge in [-0.1, -0.05) is 6.07 Å². The predicted octanol–water partition coefficient (Wildman–Crippen LogP) is 3.07. The molecule has 0 saturated heterocycles. The Morgan fingerprint density at radius 3 is 1.86 bits per heavy atom. The van der Waals surface area contributed by atoms with Crippen LogP contribution in [0, 0.1) is 5.41 Å². The third kappa shape index (κ3) is 4.31. The van der Waals surface area contributed by atoms with Gasteiger partial charge in [-0.05, 0) is 55.3 Å². The zero-order chi connectivity index (χ0) is 20.3. The average molecular weight is 380 g/mol. The summed E-state index contributed by atoms with van der Waals surface area (Å²) in [5.74, 6) is -0.836. The Balaban J connectivity index is 1.66. The molecular formula is C21H24N4O3. The standard InChI is InChI=1S/C21H24N4O3/c1-14(26)22-16-5-4-6-17(13-16)24-20(28)21(11-12-21)19(27)23-15-7-9-18(10-8-15)25(2)3/h4-10,13H,11-12H2,1-3H3,(H,22,26)(H,23,27)(H,24,28). The predicted molar refractivity (Wildman–Crippen MR) is 110 cm³/mol. The summed E-state index contributed by atoms with van der Waals surface area (Å²) in [7, 11) is 3.89. The lowest BCUT2D eigenvalue weighted by Crippen LogP contribution is -2.35. The Morgan fingerprint density at radius 2 is 1.36 bits per heavy atom. The number of hydrogen-bond acceptors (Lipinski definition) is 4. The average Bonchev–Trinajstić information content (AvgIpc) is 3.44. The molecule has 0 bridgehead atoms. The second-order valence-corrected chi connectivity index (χ2v) is 7.19. The lowest BCUT2D eigenvalue weighted by Gasteiger charge is -2.17. The van der Waals surface area contributed by atoms with Crippen LogP contribution in [0.3, 0.4) is 0 Å². The summed E-state index contributed by atoms with van der Waals surface area (Å²) < 4.78 is 0. The smallest absolute Gasteiger partial charge is 0.240 e. The molecule has 146 valence electrons. The Kier molecular flexibility index (Phi) is 5.35. The van der Waals surface area contributed by atoms with E-state index in [2.05, 4.69) is 16.0 Å². The van der Waals surface area contributed by atoms with E-state index in [4.69, 9.17) is 0 Å². The highest BCUT2D eigenvalue weighted by molar-refractivity contribution is 6.17. The number of hydrogen-bond donors (Lipinski definition) is 3. The summed E-state index contributed by atoms with van der Waals surface area (Å²) in [6.45, 7) is 1.42. The van der Waals surface area contributed by atoms with Crippen molar-refractivity contribution in [2.45, 2.75) is 19.8 Å². The fraction of sp³-hybridized carbons (Fsp3) is 0.286. The molecule has 3 N–H and O–H groups in total. The molecule has 1 fully saturated rings. The monoisotopic (exact) mass is 380 g/mol. The van der Waals surface area contributed by atoms with Gasteiger partial charge in [0.15, 0.2) is 0 Å². The molecule has 0 heterocycles.